The summed E-state index contributed by atoms with van der Waals surface area (Å²) in [4.78, 5) is 1.34. The van der Waals surface area contributed by atoms with Crippen LogP contribution in [-0.2, 0) is 6.54 Å². The molecular weight excluding hydrogens is 308 g/mol. The molecule has 18 heavy (non-hydrogen) atoms. The van der Waals surface area contributed by atoms with E-state index < -0.39 is 0 Å². The molecule has 0 spiro atoms. The molecule has 0 fully saturated rings. The first kappa shape index (κ1) is 13.7. The average molecular weight is 325 g/mol. The first-order valence-corrected chi connectivity index (χ1v) is 7.62. The molecule has 1 atom stereocenters. The molecule has 0 saturated heterocycles. The van der Waals surface area contributed by atoms with Crippen LogP contribution in [0.4, 0.5) is 0 Å². The lowest BCUT2D eigenvalue weighted by molar-refractivity contribution is 0.582. The minimum Gasteiger partial charge on any atom is -0.324 e. The monoisotopic (exact) mass is 324 g/mol. The number of halogens is 1. The van der Waals surface area contributed by atoms with Crippen LogP contribution in [0.25, 0.3) is 0 Å². The highest BCUT2D eigenvalue weighted by Crippen LogP contribution is 2.21. The molecule has 0 aliphatic rings. The Morgan fingerprint density at radius 3 is 2.61 bits per heavy atom. The van der Waals surface area contributed by atoms with Crippen molar-refractivity contribution in [1.82, 2.24) is 5.32 Å². The smallest absolute Gasteiger partial charge is 0.0701 e. The average Bonchev–Trinajstić information content (AvgIpc) is 2.81. The van der Waals surface area contributed by atoms with Crippen LogP contribution < -0.4 is 11.1 Å². The number of benzene rings is 1. The van der Waals surface area contributed by atoms with Crippen LogP contribution in [0.5, 0.6) is 0 Å². The fourth-order valence-corrected chi connectivity index (χ4v) is 3.24. The third-order valence-electron chi connectivity index (χ3n) is 2.79. The molecule has 2 nitrogen and oxygen atoms in total. The molecule has 1 heterocycles. The Morgan fingerprint density at radius 2 is 1.94 bits per heavy atom. The van der Waals surface area contributed by atoms with Gasteiger partial charge < -0.3 is 11.1 Å². The number of nitrogens with one attached hydrogen (secondary N) is 1. The largest absolute Gasteiger partial charge is 0.324 e. The van der Waals surface area contributed by atoms with E-state index in [9.17, 15) is 0 Å². The molecule has 2 aromatic rings. The van der Waals surface area contributed by atoms with Crippen molar-refractivity contribution in [2.24, 2.45) is 5.73 Å². The molecule has 2 rings (SSSR count). The third-order valence-corrected chi connectivity index (χ3v) is 4.41. The molecule has 1 aromatic heterocycles. The van der Waals surface area contributed by atoms with E-state index in [0.29, 0.717) is 0 Å². The van der Waals surface area contributed by atoms with Crippen molar-refractivity contribution in [2.75, 3.05) is 6.54 Å². The van der Waals surface area contributed by atoms with E-state index in [1.54, 1.807) is 11.3 Å². The van der Waals surface area contributed by atoms with Crippen LogP contribution >= 0.6 is 27.3 Å². The van der Waals surface area contributed by atoms with E-state index in [2.05, 4.69) is 45.5 Å². The molecular formula is C14H17BrN2S. The lowest BCUT2D eigenvalue weighted by Crippen LogP contribution is -2.20. The first-order valence-electron chi connectivity index (χ1n) is 6.01. The van der Waals surface area contributed by atoms with Crippen LogP contribution in [0.1, 0.15) is 22.9 Å². The standard InChI is InChI=1S/C14H17BrN2S/c15-14-7-6-12(18-14)10-17-9-8-13(16)11-4-2-1-3-5-11/h1-7,13,17H,8-10,16H2. The van der Waals surface area contributed by atoms with Crippen LogP contribution in [0.15, 0.2) is 46.3 Å². The molecule has 0 aliphatic heterocycles. The Morgan fingerprint density at radius 1 is 1.17 bits per heavy atom. The minimum atomic E-state index is 0.119. The van der Waals surface area contributed by atoms with Crippen molar-refractivity contribution in [3.05, 3.63) is 56.7 Å². The van der Waals surface area contributed by atoms with Crippen LogP contribution in [0.3, 0.4) is 0 Å². The van der Waals surface area contributed by atoms with Gasteiger partial charge in [0.05, 0.1) is 3.79 Å². The molecule has 96 valence electrons. The normalized spacial score (nSPS) is 12.6. The molecule has 0 amide bonds. The molecule has 0 radical (unpaired) electrons. The lowest BCUT2D eigenvalue weighted by atomic mass is 10.1. The summed E-state index contributed by atoms with van der Waals surface area (Å²) in [5.41, 5.74) is 7.34. The highest BCUT2D eigenvalue weighted by Gasteiger charge is 2.04. The molecule has 0 aliphatic carbocycles. The second kappa shape index (κ2) is 7.04. The summed E-state index contributed by atoms with van der Waals surface area (Å²) in [6, 6.07) is 14.6. The van der Waals surface area contributed by atoms with E-state index in [0.717, 1.165) is 19.5 Å². The highest BCUT2D eigenvalue weighted by molar-refractivity contribution is 9.11. The Labute approximate surface area is 120 Å². The zero-order valence-electron chi connectivity index (χ0n) is 10.1. The Kier molecular flexibility index (Phi) is 5.38. The van der Waals surface area contributed by atoms with Crippen molar-refractivity contribution in [3.8, 4) is 0 Å². The van der Waals surface area contributed by atoms with E-state index in [4.69, 9.17) is 5.73 Å². The number of rotatable bonds is 6. The Balaban J connectivity index is 1.69. The minimum absolute atomic E-state index is 0.119. The van der Waals surface area contributed by atoms with Gasteiger partial charge >= 0.3 is 0 Å². The summed E-state index contributed by atoms with van der Waals surface area (Å²) in [5.74, 6) is 0. The van der Waals surface area contributed by atoms with Crippen molar-refractivity contribution < 1.29 is 0 Å². The van der Waals surface area contributed by atoms with Gasteiger partial charge in [0, 0.05) is 17.5 Å². The number of hydrogen-bond donors (Lipinski definition) is 2. The van der Waals surface area contributed by atoms with Gasteiger partial charge in [-0.2, -0.15) is 0 Å². The molecule has 0 bridgehead atoms. The molecule has 3 N–H and O–H groups in total. The van der Waals surface area contributed by atoms with Crippen molar-refractivity contribution in [3.63, 3.8) is 0 Å². The Hall–Kier alpha value is -0.680. The lowest BCUT2D eigenvalue weighted by Gasteiger charge is -2.12. The van der Waals surface area contributed by atoms with Gasteiger partial charge in [0.25, 0.3) is 0 Å². The first-order chi connectivity index (χ1) is 8.75. The predicted octanol–water partition coefficient (Wildman–Crippen LogP) is 3.69. The van der Waals surface area contributed by atoms with Crippen molar-refractivity contribution in [2.45, 2.75) is 19.0 Å². The fourth-order valence-electron chi connectivity index (χ4n) is 1.78. The number of nitrogens with two attached hydrogens (primary N) is 1. The SMILES string of the molecule is NC(CCNCc1ccc(Br)s1)c1ccccc1. The molecule has 0 saturated carbocycles. The van der Waals surface area contributed by atoms with E-state index in [-0.39, 0.29) is 6.04 Å². The number of thiophene rings is 1. The van der Waals surface area contributed by atoms with Gasteiger partial charge in [0.15, 0.2) is 0 Å². The Bertz CT molecular complexity index is 470. The summed E-state index contributed by atoms with van der Waals surface area (Å²) >= 11 is 5.23. The maximum absolute atomic E-state index is 6.13. The summed E-state index contributed by atoms with van der Waals surface area (Å²) in [5, 5.41) is 3.43. The summed E-state index contributed by atoms with van der Waals surface area (Å²) in [7, 11) is 0. The van der Waals surface area contributed by atoms with E-state index >= 15 is 0 Å². The van der Waals surface area contributed by atoms with E-state index in [1.165, 1.54) is 14.2 Å². The maximum atomic E-state index is 6.13. The van der Waals surface area contributed by atoms with Gasteiger partial charge in [-0.15, -0.1) is 11.3 Å². The zero-order valence-corrected chi connectivity index (χ0v) is 12.5. The fraction of sp³-hybridized carbons (Fsp3) is 0.286. The van der Waals surface area contributed by atoms with Crippen LogP contribution in [0.2, 0.25) is 0 Å². The number of hydrogen-bond acceptors (Lipinski definition) is 3. The summed E-state index contributed by atoms with van der Waals surface area (Å²) < 4.78 is 1.18. The summed E-state index contributed by atoms with van der Waals surface area (Å²) in [6.07, 6.45) is 0.955. The molecule has 1 aromatic carbocycles. The topological polar surface area (TPSA) is 38.0 Å². The second-order valence-electron chi connectivity index (χ2n) is 4.19. The van der Waals surface area contributed by atoms with Gasteiger partial charge in [-0.3, -0.25) is 0 Å². The second-order valence-corrected chi connectivity index (χ2v) is 6.74. The van der Waals surface area contributed by atoms with Crippen LogP contribution in [0, 0.1) is 0 Å². The quantitative estimate of drug-likeness (QED) is 0.795. The van der Waals surface area contributed by atoms with Crippen molar-refractivity contribution >= 4 is 27.3 Å². The van der Waals surface area contributed by atoms with Gasteiger partial charge in [-0.25, -0.2) is 0 Å². The maximum Gasteiger partial charge on any atom is 0.0701 e. The van der Waals surface area contributed by atoms with E-state index in [1.807, 2.05) is 18.2 Å². The van der Waals surface area contributed by atoms with Gasteiger partial charge in [-0.05, 0) is 46.6 Å². The molecule has 4 heteroatoms. The van der Waals surface area contributed by atoms with Crippen LogP contribution in [-0.4, -0.2) is 6.54 Å². The van der Waals surface area contributed by atoms with Crippen molar-refractivity contribution in [1.29, 1.82) is 0 Å². The van der Waals surface area contributed by atoms with Gasteiger partial charge in [-0.1, -0.05) is 30.3 Å². The van der Waals surface area contributed by atoms with Gasteiger partial charge in [0.2, 0.25) is 0 Å². The third kappa shape index (κ3) is 4.21. The highest BCUT2D eigenvalue weighted by atomic mass is 79.9. The molecule has 1 unspecified atom stereocenters. The summed E-state index contributed by atoms with van der Waals surface area (Å²) in [6.45, 7) is 1.85. The zero-order chi connectivity index (χ0) is 12.8. The predicted molar refractivity (Wildman–Crippen MR) is 81.7 cm³/mol. The van der Waals surface area contributed by atoms with Gasteiger partial charge in [0.1, 0.15) is 0 Å².